The van der Waals surface area contributed by atoms with Gasteiger partial charge in [-0.2, -0.15) is 0 Å². The van der Waals surface area contributed by atoms with Crippen LogP contribution in [0, 0.1) is 0 Å². The highest BCUT2D eigenvalue weighted by Gasteiger charge is 2.27. The fourth-order valence-electron chi connectivity index (χ4n) is 3.85. The molecule has 0 unspecified atom stereocenters. The number of likely N-dealkylation sites (tertiary alicyclic amines) is 1. The lowest BCUT2D eigenvalue weighted by molar-refractivity contribution is 0.0636. The topological polar surface area (TPSA) is 66.5 Å². The number of anilines is 1. The number of sulfonamides is 1. The van der Waals surface area contributed by atoms with Crippen molar-refractivity contribution in [3.05, 3.63) is 72.3 Å². The summed E-state index contributed by atoms with van der Waals surface area (Å²) in [5, 5.41) is 1.82. The van der Waals surface area contributed by atoms with Crippen molar-refractivity contribution in [1.82, 2.24) is 4.90 Å². The first kappa shape index (κ1) is 19.5. The zero-order chi connectivity index (χ0) is 20.4. The van der Waals surface area contributed by atoms with Crippen LogP contribution in [0.1, 0.15) is 36.5 Å². The molecular formula is C23H24N2O3S. The number of hydrogen-bond acceptors (Lipinski definition) is 3. The van der Waals surface area contributed by atoms with Crippen molar-refractivity contribution >= 4 is 32.4 Å². The molecule has 0 bridgehead atoms. The van der Waals surface area contributed by atoms with Gasteiger partial charge in [-0.05, 0) is 61.2 Å². The molecule has 0 saturated carbocycles. The second-order valence-corrected chi connectivity index (χ2v) is 9.19. The van der Waals surface area contributed by atoms with E-state index >= 15 is 0 Å². The number of nitrogens with zero attached hydrogens (tertiary/aromatic N) is 1. The van der Waals surface area contributed by atoms with Crippen molar-refractivity contribution in [3.8, 4) is 0 Å². The van der Waals surface area contributed by atoms with Gasteiger partial charge in [0.25, 0.3) is 15.9 Å². The molecule has 1 heterocycles. The minimum absolute atomic E-state index is 0.131. The highest BCUT2D eigenvalue weighted by molar-refractivity contribution is 7.92. The van der Waals surface area contributed by atoms with Crippen LogP contribution in [0.3, 0.4) is 0 Å². The van der Waals surface area contributed by atoms with E-state index in [4.69, 9.17) is 0 Å². The molecule has 150 valence electrons. The minimum Gasteiger partial charge on any atom is -0.336 e. The maximum Gasteiger partial charge on any atom is 0.261 e. The maximum absolute atomic E-state index is 13.1. The molecule has 3 aromatic carbocycles. The second-order valence-electron chi connectivity index (χ2n) is 7.50. The number of carbonyl (C=O) groups is 1. The van der Waals surface area contributed by atoms with E-state index in [0.717, 1.165) is 30.0 Å². The second kappa shape index (κ2) is 7.87. The van der Waals surface area contributed by atoms with Crippen LogP contribution in [0.2, 0.25) is 0 Å². The van der Waals surface area contributed by atoms with Gasteiger partial charge in [-0.15, -0.1) is 0 Å². The summed E-state index contributed by atoms with van der Waals surface area (Å²) in [6.07, 6.45) is 3.05. The van der Waals surface area contributed by atoms with Crippen LogP contribution < -0.4 is 4.72 Å². The number of fused-ring (bicyclic) bond motifs is 1. The Balaban J connectivity index is 1.66. The van der Waals surface area contributed by atoms with E-state index < -0.39 is 10.0 Å². The van der Waals surface area contributed by atoms with Gasteiger partial charge >= 0.3 is 0 Å². The molecule has 29 heavy (non-hydrogen) atoms. The van der Waals surface area contributed by atoms with Gasteiger partial charge in [-0.25, -0.2) is 8.42 Å². The summed E-state index contributed by atoms with van der Waals surface area (Å²) in [6.45, 7) is 2.74. The number of rotatable bonds is 4. The number of nitrogens with one attached hydrogen (secondary N) is 1. The molecule has 1 saturated heterocycles. The van der Waals surface area contributed by atoms with Crippen molar-refractivity contribution in [1.29, 1.82) is 0 Å². The SMILES string of the molecule is C[C@H]1CCCCN1C(=O)c1ccccc1NS(=O)(=O)c1ccc2ccccc2c1. The number of hydrogen-bond donors (Lipinski definition) is 1. The van der Waals surface area contributed by atoms with Crippen molar-refractivity contribution in [3.63, 3.8) is 0 Å². The minimum atomic E-state index is -3.83. The number of para-hydroxylation sites is 1. The van der Waals surface area contributed by atoms with Gasteiger partial charge in [0, 0.05) is 12.6 Å². The Morgan fingerprint density at radius 3 is 2.48 bits per heavy atom. The molecule has 5 nitrogen and oxygen atoms in total. The highest BCUT2D eigenvalue weighted by atomic mass is 32.2. The monoisotopic (exact) mass is 408 g/mol. The summed E-state index contributed by atoms with van der Waals surface area (Å²) in [6, 6.07) is 19.6. The summed E-state index contributed by atoms with van der Waals surface area (Å²) in [4.78, 5) is 15.1. The van der Waals surface area contributed by atoms with E-state index in [0.29, 0.717) is 17.8 Å². The molecule has 1 aliphatic rings. The maximum atomic E-state index is 13.1. The third kappa shape index (κ3) is 3.98. The molecule has 0 aliphatic carbocycles. The molecular weight excluding hydrogens is 384 g/mol. The largest absolute Gasteiger partial charge is 0.336 e. The number of carbonyl (C=O) groups excluding carboxylic acids is 1. The number of amides is 1. The van der Waals surface area contributed by atoms with Crippen LogP contribution in [-0.4, -0.2) is 31.8 Å². The van der Waals surface area contributed by atoms with Gasteiger partial charge in [-0.3, -0.25) is 9.52 Å². The van der Waals surface area contributed by atoms with Gasteiger partial charge < -0.3 is 4.90 Å². The summed E-state index contributed by atoms with van der Waals surface area (Å²) in [5.41, 5.74) is 0.689. The Labute approximate surface area is 171 Å². The number of benzene rings is 3. The molecule has 1 amide bonds. The van der Waals surface area contributed by atoms with E-state index in [1.165, 1.54) is 0 Å². The molecule has 1 atom stereocenters. The smallest absolute Gasteiger partial charge is 0.261 e. The first-order valence-electron chi connectivity index (χ1n) is 9.87. The Bertz CT molecular complexity index is 1160. The highest BCUT2D eigenvalue weighted by Crippen LogP contribution is 2.26. The van der Waals surface area contributed by atoms with Crippen molar-refractivity contribution < 1.29 is 13.2 Å². The van der Waals surface area contributed by atoms with Crippen molar-refractivity contribution in [2.24, 2.45) is 0 Å². The van der Waals surface area contributed by atoms with E-state index in [2.05, 4.69) is 4.72 Å². The normalized spacial score (nSPS) is 17.3. The van der Waals surface area contributed by atoms with Crippen LogP contribution >= 0.6 is 0 Å². The Kier molecular flexibility index (Phi) is 5.28. The van der Waals surface area contributed by atoms with Crippen LogP contribution in [0.5, 0.6) is 0 Å². The molecule has 3 aromatic rings. The summed E-state index contributed by atoms with van der Waals surface area (Å²) in [7, 11) is -3.83. The van der Waals surface area contributed by atoms with Crippen molar-refractivity contribution in [2.45, 2.75) is 37.1 Å². The zero-order valence-corrected chi connectivity index (χ0v) is 17.2. The predicted molar refractivity (Wildman–Crippen MR) is 116 cm³/mol. The third-order valence-electron chi connectivity index (χ3n) is 5.50. The lowest BCUT2D eigenvalue weighted by Crippen LogP contribution is -2.42. The molecule has 0 radical (unpaired) electrons. The summed E-state index contributed by atoms with van der Waals surface area (Å²) < 4.78 is 28.7. The average Bonchev–Trinajstić information content (AvgIpc) is 2.73. The van der Waals surface area contributed by atoms with Gasteiger partial charge in [-0.1, -0.05) is 42.5 Å². The first-order valence-corrected chi connectivity index (χ1v) is 11.4. The first-order chi connectivity index (χ1) is 14.0. The third-order valence-corrected chi connectivity index (χ3v) is 6.86. The molecule has 6 heteroatoms. The quantitative estimate of drug-likeness (QED) is 0.683. The molecule has 1 N–H and O–H groups in total. The van der Waals surface area contributed by atoms with E-state index in [1.807, 2.05) is 36.1 Å². The zero-order valence-electron chi connectivity index (χ0n) is 16.3. The van der Waals surface area contributed by atoms with Crippen LogP contribution in [0.25, 0.3) is 10.8 Å². The molecule has 0 spiro atoms. The van der Waals surface area contributed by atoms with Gasteiger partial charge in [0.05, 0.1) is 16.1 Å². The standard InChI is InChI=1S/C23H24N2O3S/c1-17-8-6-7-15-25(17)23(26)21-11-4-5-12-22(21)24-29(27,28)20-14-13-18-9-2-3-10-19(18)16-20/h2-5,9-14,16-17,24H,6-8,15H2,1H3/t17-/m0/s1. The fourth-order valence-corrected chi connectivity index (χ4v) is 4.97. The summed E-state index contributed by atoms with van der Waals surface area (Å²) in [5.74, 6) is -0.131. The van der Waals surface area contributed by atoms with E-state index in [-0.39, 0.29) is 16.8 Å². The Hall–Kier alpha value is -2.86. The van der Waals surface area contributed by atoms with Crippen LogP contribution in [0.4, 0.5) is 5.69 Å². The fraction of sp³-hybridized carbons (Fsp3) is 0.261. The van der Waals surface area contributed by atoms with Crippen LogP contribution in [-0.2, 0) is 10.0 Å². The number of piperidine rings is 1. The van der Waals surface area contributed by atoms with Crippen molar-refractivity contribution in [2.75, 3.05) is 11.3 Å². The molecule has 0 aromatic heterocycles. The molecule has 4 rings (SSSR count). The van der Waals surface area contributed by atoms with Gasteiger partial charge in [0.15, 0.2) is 0 Å². The summed E-state index contributed by atoms with van der Waals surface area (Å²) >= 11 is 0. The van der Waals surface area contributed by atoms with Gasteiger partial charge in [0.1, 0.15) is 0 Å². The average molecular weight is 409 g/mol. The Morgan fingerprint density at radius 2 is 1.69 bits per heavy atom. The lowest BCUT2D eigenvalue weighted by atomic mass is 10.0. The molecule has 1 aliphatic heterocycles. The van der Waals surface area contributed by atoms with Gasteiger partial charge in [0.2, 0.25) is 0 Å². The molecule has 1 fully saturated rings. The Morgan fingerprint density at radius 1 is 0.966 bits per heavy atom. The van der Waals surface area contributed by atoms with E-state index in [1.54, 1.807) is 42.5 Å². The predicted octanol–water partition coefficient (Wildman–Crippen LogP) is 4.66. The lowest BCUT2D eigenvalue weighted by Gasteiger charge is -2.34. The van der Waals surface area contributed by atoms with E-state index in [9.17, 15) is 13.2 Å². The van der Waals surface area contributed by atoms with Crippen LogP contribution in [0.15, 0.2) is 71.6 Å².